The zero-order valence-electron chi connectivity index (χ0n) is 16.1. The molecule has 1 aliphatic heterocycles. The fourth-order valence-electron chi connectivity index (χ4n) is 4.02. The monoisotopic (exact) mass is 413 g/mol. The second-order valence-electron chi connectivity index (χ2n) is 7.47. The Morgan fingerprint density at radius 1 is 1.14 bits per heavy atom. The highest BCUT2D eigenvalue weighted by Gasteiger charge is 2.18. The lowest BCUT2D eigenvalue weighted by Crippen LogP contribution is -2.35. The summed E-state index contributed by atoms with van der Waals surface area (Å²) in [5, 5.41) is 3.24. The van der Waals surface area contributed by atoms with E-state index in [1.165, 1.54) is 48.9 Å². The molecule has 0 radical (unpaired) electrons. The summed E-state index contributed by atoms with van der Waals surface area (Å²) in [4.78, 5) is 19.1. The number of piperidine rings is 1. The minimum atomic E-state index is 0.0820. The SMILES string of the molecule is O=c1ccc2ccncc2n1CCCC1CCN(CCSc2cccs2)CC1. The Hall–Kier alpha value is -1.63. The van der Waals surface area contributed by atoms with Crippen molar-refractivity contribution in [1.29, 1.82) is 0 Å². The Morgan fingerprint density at radius 2 is 2.04 bits per heavy atom. The van der Waals surface area contributed by atoms with Crippen molar-refractivity contribution in [1.82, 2.24) is 14.5 Å². The van der Waals surface area contributed by atoms with Gasteiger partial charge in [0.15, 0.2) is 0 Å². The molecule has 0 unspecified atom stereocenters. The van der Waals surface area contributed by atoms with Gasteiger partial charge in [-0.2, -0.15) is 0 Å². The zero-order valence-corrected chi connectivity index (χ0v) is 17.8. The number of thioether (sulfide) groups is 1. The summed E-state index contributed by atoms with van der Waals surface area (Å²) in [5.74, 6) is 1.98. The highest BCUT2D eigenvalue weighted by atomic mass is 32.2. The number of nitrogens with zero attached hydrogens (tertiary/aromatic N) is 3. The van der Waals surface area contributed by atoms with Crippen molar-refractivity contribution in [3.63, 3.8) is 0 Å². The number of fused-ring (bicyclic) bond motifs is 1. The van der Waals surface area contributed by atoms with E-state index in [0.29, 0.717) is 0 Å². The lowest BCUT2D eigenvalue weighted by molar-refractivity contribution is 0.185. The van der Waals surface area contributed by atoms with Crippen LogP contribution < -0.4 is 5.56 Å². The van der Waals surface area contributed by atoms with Gasteiger partial charge in [-0.3, -0.25) is 9.78 Å². The fourth-order valence-corrected chi connectivity index (χ4v) is 5.88. The van der Waals surface area contributed by atoms with Gasteiger partial charge in [-0.15, -0.1) is 23.1 Å². The van der Waals surface area contributed by atoms with E-state index < -0.39 is 0 Å². The van der Waals surface area contributed by atoms with Crippen molar-refractivity contribution in [2.75, 3.05) is 25.4 Å². The number of hydrogen-bond acceptors (Lipinski definition) is 5. The van der Waals surface area contributed by atoms with Gasteiger partial charge < -0.3 is 9.47 Å². The van der Waals surface area contributed by atoms with E-state index >= 15 is 0 Å². The molecular weight excluding hydrogens is 386 g/mol. The third-order valence-corrected chi connectivity index (χ3v) is 7.75. The summed E-state index contributed by atoms with van der Waals surface area (Å²) in [6, 6.07) is 9.87. The first kappa shape index (κ1) is 19.7. The Balaban J connectivity index is 1.20. The van der Waals surface area contributed by atoms with Crippen LogP contribution in [0.5, 0.6) is 0 Å². The number of aromatic nitrogens is 2. The van der Waals surface area contributed by atoms with Crippen molar-refractivity contribution < 1.29 is 0 Å². The van der Waals surface area contributed by atoms with Crippen LogP contribution in [0.25, 0.3) is 10.9 Å². The van der Waals surface area contributed by atoms with Gasteiger partial charge in [-0.1, -0.05) is 6.07 Å². The fraction of sp³-hybridized carbons (Fsp3) is 0.455. The van der Waals surface area contributed by atoms with Crippen LogP contribution in [0.4, 0.5) is 0 Å². The van der Waals surface area contributed by atoms with E-state index in [2.05, 4.69) is 27.4 Å². The first-order valence-corrected chi connectivity index (χ1v) is 12.0. The molecule has 0 N–H and O–H groups in total. The number of pyridine rings is 2. The molecule has 0 saturated carbocycles. The van der Waals surface area contributed by atoms with Gasteiger partial charge in [-0.05, 0) is 68.3 Å². The lowest BCUT2D eigenvalue weighted by atomic mass is 9.92. The average molecular weight is 414 g/mol. The second-order valence-corrected chi connectivity index (χ2v) is 9.81. The maximum absolute atomic E-state index is 12.3. The topological polar surface area (TPSA) is 38.1 Å². The molecule has 148 valence electrons. The molecule has 4 heterocycles. The maximum Gasteiger partial charge on any atom is 0.251 e. The van der Waals surface area contributed by atoms with Gasteiger partial charge in [0.1, 0.15) is 0 Å². The molecule has 0 bridgehead atoms. The molecule has 3 aromatic rings. The molecule has 0 amide bonds. The highest BCUT2D eigenvalue weighted by Crippen LogP contribution is 2.25. The summed E-state index contributed by atoms with van der Waals surface area (Å²) in [7, 11) is 0. The van der Waals surface area contributed by atoms with Gasteiger partial charge in [0, 0.05) is 36.5 Å². The normalized spacial score (nSPS) is 16.0. The van der Waals surface area contributed by atoms with Crippen molar-refractivity contribution in [3.8, 4) is 0 Å². The third kappa shape index (κ3) is 5.04. The van der Waals surface area contributed by atoms with Gasteiger partial charge in [0.05, 0.1) is 15.9 Å². The molecule has 0 aliphatic carbocycles. The van der Waals surface area contributed by atoms with Crippen LogP contribution in [0.3, 0.4) is 0 Å². The van der Waals surface area contributed by atoms with Crippen LogP contribution in [0.15, 0.2) is 57.1 Å². The minimum absolute atomic E-state index is 0.0820. The quantitative estimate of drug-likeness (QED) is 0.500. The average Bonchev–Trinajstić information content (AvgIpc) is 3.24. The Labute approximate surface area is 174 Å². The van der Waals surface area contributed by atoms with E-state index in [0.717, 1.165) is 29.8 Å². The van der Waals surface area contributed by atoms with Crippen LogP contribution in [-0.4, -0.2) is 39.8 Å². The summed E-state index contributed by atoms with van der Waals surface area (Å²) in [6.07, 6.45) is 8.44. The minimum Gasteiger partial charge on any atom is -0.307 e. The lowest BCUT2D eigenvalue weighted by Gasteiger charge is -2.31. The van der Waals surface area contributed by atoms with E-state index in [1.807, 2.05) is 46.0 Å². The number of likely N-dealkylation sites (tertiary alicyclic amines) is 1. The van der Waals surface area contributed by atoms with Gasteiger partial charge in [0.2, 0.25) is 0 Å². The van der Waals surface area contributed by atoms with Crippen LogP contribution in [0.2, 0.25) is 0 Å². The van der Waals surface area contributed by atoms with Crippen LogP contribution in [0, 0.1) is 5.92 Å². The van der Waals surface area contributed by atoms with Gasteiger partial charge in [-0.25, -0.2) is 0 Å². The van der Waals surface area contributed by atoms with E-state index in [4.69, 9.17) is 0 Å². The zero-order chi connectivity index (χ0) is 19.2. The van der Waals surface area contributed by atoms with Crippen molar-refractivity contribution >= 4 is 34.0 Å². The molecule has 6 heteroatoms. The van der Waals surface area contributed by atoms with E-state index in [9.17, 15) is 4.79 Å². The summed E-state index contributed by atoms with van der Waals surface area (Å²) < 4.78 is 3.31. The van der Waals surface area contributed by atoms with Crippen LogP contribution in [0.1, 0.15) is 25.7 Å². The van der Waals surface area contributed by atoms with E-state index in [-0.39, 0.29) is 5.56 Å². The van der Waals surface area contributed by atoms with E-state index in [1.54, 1.807) is 12.3 Å². The third-order valence-electron chi connectivity index (χ3n) is 5.64. The molecule has 4 nitrogen and oxygen atoms in total. The molecule has 28 heavy (non-hydrogen) atoms. The van der Waals surface area contributed by atoms with Crippen molar-refractivity contribution in [2.24, 2.45) is 5.92 Å². The van der Waals surface area contributed by atoms with Crippen LogP contribution >= 0.6 is 23.1 Å². The first-order valence-electron chi connectivity index (χ1n) is 10.1. The summed E-state index contributed by atoms with van der Waals surface area (Å²) in [5.41, 5.74) is 1.03. The molecule has 3 aromatic heterocycles. The predicted molar refractivity (Wildman–Crippen MR) is 119 cm³/mol. The number of aryl methyl sites for hydroxylation is 1. The van der Waals surface area contributed by atoms with Crippen molar-refractivity contribution in [2.45, 2.75) is 36.4 Å². The Morgan fingerprint density at radius 3 is 2.86 bits per heavy atom. The molecule has 0 spiro atoms. The molecule has 1 saturated heterocycles. The predicted octanol–water partition coefficient (Wildman–Crippen LogP) is 4.74. The highest BCUT2D eigenvalue weighted by molar-refractivity contribution is 8.01. The second kappa shape index (κ2) is 9.72. The standard InChI is InChI=1S/C22H27N3OS2/c26-21-6-5-19-7-10-23-17-20(19)25(21)11-1-3-18-8-12-24(13-9-18)14-16-28-22-4-2-15-27-22/h2,4-7,10,15,17-18H,1,3,8-9,11-14,16H2. The number of rotatable bonds is 8. The molecule has 0 atom stereocenters. The molecule has 1 fully saturated rings. The summed E-state index contributed by atoms with van der Waals surface area (Å²) >= 11 is 3.81. The Bertz CT molecular complexity index is 930. The molecular formula is C22H27N3OS2. The van der Waals surface area contributed by atoms with Gasteiger partial charge in [0.25, 0.3) is 5.56 Å². The Kier molecular flexibility index (Phi) is 6.83. The van der Waals surface area contributed by atoms with Crippen molar-refractivity contribution in [3.05, 3.63) is 58.5 Å². The van der Waals surface area contributed by atoms with Crippen LogP contribution in [-0.2, 0) is 6.54 Å². The molecule has 4 rings (SSSR count). The van der Waals surface area contributed by atoms with Gasteiger partial charge >= 0.3 is 0 Å². The molecule has 0 aromatic carbocycles. The number of hydrogen-bond donors (Lipinski definition) is 0. The maximum atomic E-state index is 12.3. The smallest absolute Gasteiger partial charge is 0.251 e. The first-order chi connectivity index (χ1) is 13.8. The number of thiophene rings is 1. The largest absolute Gasteiger partial charge is 0.307 e. The summed E-state index contributed by atoms with van der Waals surface area (Å²) in [6.45, 7) is 4.41. The molecule has 1 aliphatic rings.